The van der Waals surface area contributed by atoms with Gasteiger partial charge < -0.3 is 19.3 Å². The fourth-order valence-electron chi connectivity index (χ4n) is 4.20. The summed E-state index contributed by atoms with van der Waals surface area (Å²) in [7, 11) is 0. The van der Waals surface area contributed by atoms with E-state index in [1.54, 1.807) is 24.3 Å². The number of nitrogens with zero attached hydrogens (tertiary/aromatic N) is 3. The zero-order valence-corrected chi connectivity index (χ0v) is 19.3. The highest BCUT2D eigenvalue weighted by molar-refractivity contribution is 6.39. The number of aromatic nitrogens is 2. The predicted octanol–water partition coefficient (Wildman–Crippen LogP) is 5.80. The molecule has 1 saturated heterocycles. The minimum absolute atomic E-state index is 0.0936. The molecule has 2 aliphatic rings. The fourth-order valence-corrected chi connectivity index (χ4v) is 4.78. The largest absolute Gasteiger partial charge is 0.478 e. The number of ether oxygens (including phenoxy) is 1. The third kappa shape index (κ3) is 4.71. The van der Waals surface area contributed by atoms with Crippen LogP contribution in [0.5, 0.6) is 0 Å². The van der Waals surface area contributed by atoms with Gasteiger partial charge in [0.25, 0.3) is 0 Å². The van der Waals surface area contributed by atoms with Gasteiger partial charge in [0.15, 0.2) is 0 Å². The first kappa shape index (κ1) is 22.2. The van der Waals surface area contributed by atoms with E-state index in [2.05, 4.69) is 15.0 Å². The highest BCUT2D eigenvalue weighted by Crippen LogP contribution is 2.46. The molecule has 9 heteroatoms. The lowest BCUT2D eigenvalue weighted by Gasteiger charge is -2.32. The maximum atomic E-state index is 11.0. The van der Waals surface area contributed by atoms with Gasteiger partial charge in [-0.25, -0.2) is 9.78 Å². The average molecular weight is 488 g/mol. The van der Waals surface area contributed by atoms with Gasteiger partial charge in [0.2, 0.25) is 0 Å². The number of anilines is 1. The summed E-state index contributed by atoms with van der Waals surface area (Å²) in [6, 6.07) is 8.74. The molecule has 3 aromatic rings. The first-order chi connectivity index (χ1) is 16.0. The van der Waals surface area contributed by atoms with E-state index in [-0.39, 0.29) is 11.7 Å². The molecule has 1 N–H and O–H groups in total. The lowest BCUT2D eigenvalue weighted by Crippen LogP contribution is -2.37. The van der Waals surface area contributed by atoms with E-state index in [1.807, 2.05) is 6.07 Å². The van der Waals surface area contributed by atoms with Crippen molar-refractivity contribution in [2.75, 3.05) is 18.0 Å². The van der Waals surface area contributed by atoms with Crippen molar-refractivity contribution < 1.29 is 19.2 Å². The molecule has 0 spiro atoms. The van der Waals surface area contributed by atoms with Crippen molar-refractivity contribution >= 4 is 35.0 Å². The number of pyridine rings is 1. The smallest absolute Gasteiger partial charge is 0.337 e. The number of carbonyl (C=O) groups is 1. The number of carboxylic acids is 1. The summed E-state index contributed by atoms with van der Waals surface area (Å²) in [5, 5.41) is 14.4. The van der Waals surface area contributed by atoms with E-state index in [0.29, 0.717) is 33.8 Å². The Labute approximate surface area is 201 Å². The Kier molecular flexibility index (Phi) is 6.27. The van der Waals surface area contributed by atoms with Crippen molar-refractivity contribution in [3.8, 4) is 11.3 Å². The van der Waals surface area contributed by atoms with Gasteiger partial charge in [-0.2, -0.15) is 0 Å². The molecule has 3 heterocycles. The molecule has 1 aliphatic heterocycles. The second kappa shape index (κ2) is 9.33. The summed E-state index contributed by atoms with van der Waals surface area (Å²) >= 11 is 12.9. The highest BCUT2D eigenvalue weighted by atomic mass is 35.5. The molecule has 2 fully saturated rings. The van der Waals surface area contributed by atoms with Gasteiger partial charge in [-0.1, -0.05) is 34.4 Å². The van der Waals surface area contributed by atoms with Crippen LogP contribution < -0.4 is 4.90 Å². The third-order valence-corrected chi connectivity index (χ3v) is 6.82. The molecule has 33 heavy (non-hydrogen) atoms. The lowest BCUT2D eigenvalue weighted by molar-refractivity contribution is 0.0245. The van der Waals surface area contributed by atoms with Gasteiger partial charge in [-0.05, 0) is 49.9 Å². The molecule has 1 aromatic carbocycles. The molecular formula is C24H23Cl2N3O4. The summed E-state index contributed by atoms with van der Waals surface area (Å²) in [6.45, 7) is 1.96. The van der Waals surface area contributed by atoms with Gasteiger partial charge in [0.1, 0.15) is 17.3 Å². The summed E-state index contributed by atoms with van der Waals surface area (Å²) in [5.74, 6) is 1.07. The van der Waals surface area contributed by atoms with Gasteiger partial charge in [-0.3, -0.25) is 0 Å². The molecule has 0 bridgehead atoms. The minimum atomic E-state index is -0.974. The van der Waals surface area contributed by atoms with E-state index in [0.717, 1.165) is 55.9 Å². The number of carboxylic acid groups (broad SMARTS) is 1. The topological polar surface area (TPSA) is 88.7 Å². The normalized spacial score (nSPS) is 16.8. The third-order valence-electron chi connectivity index (χ3n) is 6.19. The van der Waals surface area contributed by atoms with Crippen LogP contribution in [0.25, 0.3) is 11.3 Å². The predicted molar refractivity (Wildman–Crippen MR) is 125 cm³/mol. The zero-order valence-electron chi connectivity index (χ0n) is 17.8. The van der Waals surface area contributed by atoms with E-state index in [1.165, 1.54) is 6.20 Å². The molecule has 0 radical (unpaired) electrons. The van der Waals surface area contributed by atoms with E-state index < -0.39 is 5.97 Å². The van der Waals surface area contributed by atoms with Crippen LogP contribution in [-0.2, 0) is 11.3 Å². The summed E-state index contributed by atoms with van der Waals surface area (Å²) in [4.78, 5) is 17.5. The van der Waals surface area contributed by atoms with Crippen LogP contribution in [0.3, 0.4) is 0 Å². The van der Waals surface area contributed by atoms with Crippen molar-refractivity contribution in [2.45, 2.75) is 44.3 Å². The highest BCUT2D eigenvalue weighted by Gasteiger charge is 2.34. The Balaban J connectivity index is 1.26. The van der Waals surface area contributed by atoms with E-state index in [4.69, 9.17) is 37.6 Å². The zero-order chi connectivity index (χ0) is 22.9. The first-order valence-corrected chi connectivity index (χ1v) is 11.8. The second-order valence-corrected chi connectivity index (χ2v) is 9.27. The summed E-state index contributed by atoms with van der Waals surface area (Å²) < 4.78 is 12.0. The van der Waals surface area contributed by atoms with Crippen LogP contribution in [0.2, 0.25) is 10.0 Å². The Morgan fingerprint density at radius 1 is 1.12 bits per heavy atom. The molecule has 1 aliphatic carbocycles. The summed E-state index contributed by atoms with van der Waals surface area (Å²) in [6.07, 6.45) is 5.35. The molecule has 0 atom stereocenters. The van der Waals surface area contributed by atoms with Crippen molar-refractivity contribution in [3.63, 3.8) is 0 Å². The lowest BCUT2D eigenvalue weighted by atomic mass is 10.0. The number of hydrogen-bond acceptors (Lipinski definition) is 6. The number of rotatable bonds is 7. The van der Waals surface area contributed by atoms with Crippen LogP contribution in [0.4, 0.5) is 5.82 Å². The van der Waals surface area contributed by atoms with Crippen molar-refractivity contribution in [1.29, 1.82) is 0 Å². The molecular weight excluding hydrogens is 465 g/mol. The summed E-state index contributed by atoms with van der Waals surface area (Å²) in [5.41, 5.74) is 2.46. The molecule has 0 amide bonds. The van der Waals surface area contributed by atoms with Crippen LogP contribution in [-0.4, -0.2) is 40.4 Å². The Morgan fingerprint density at radius 2 is 1.85 bits per heavy atom. The fraction of sp³-hybridized carbons (Fsp3) is 0.375. The van der Waals surface area contributed by atoms with Crippen LogP contribution in [0.15, 0.2) is 41.1 Å². The van der Waals surface area contributed by atoms with Gasteiger partial charge in [-0.15, -0.1) is 0 Å². The van der Waals surface area contributed by atoms with Crippen molar-refractivity contribution in [3.05, 3.63) is 63.5 Å². The maximum absolute atomic E-state index is 11.0. The van der Waals surface area contributed by atoms with Gasteiger partial charge in [0, 0.05) is 36.3 Å². The molecule has 1 saturated carbocycles. The molecule has 7 nitrogen and oxygen atoms in total. The number of benzene rings is 1. The van der Waals surface area contributed by atoms with Crippen LogP contribution >= 0.6 is 23.2 Å². The van der Waals surface area contributed by atoms with Gasteiger partial charge in [0.05, 0.1) is 28.3 Å². The monoisotopic (exact) mass is 487 g/mol. The Hall–Kier alpha value is -2.61. The second-order valence-electron chi connectivity index (χ2n) is 8.45. The van der Waals surface area contributed by atoms with E-state index in [9.17, 15) is 4.79 Å². The standard InChI is InChI=1S/C24H23Cl2N3O4/c25-18-2-1-3-19(26)21(18)22-17(23(33-28-22)14-4-5-14)13-32-16-8-10-29(11-9-16)20-7-6-15(12-27-20)24(30)31/h1-3,6-7,12,14,16H,4-5,8-11,13H2,(H,30,31). The Morgan fingerprint density at radius 3 is 2.45 bits per heavy atom. The number of aromatic carboxylic acids is 1. The number of piperidine rings is 1. The SMILES string of the molecule is O=C(O)c1ccc(N2CCC(OCc3c(-c4c(Cl)cccc4Cl)noc3C3CC3)CC2)nc1. The average Bonchev–Trinajstić information content (AvgIpc) is 3.58. The van der Waals surface area contributed by atoms with Crippen LogP contribution in [0.1, 0.15) is 53.3 Å². The molecule has 5 rings (SSSR count). The van der Waals surface area contributed by atoms with Gasteiger partial charge >= 0.3 is 5.97 Å². The quantitative estimate of drug-likeness (QED) is 0.449. The number of halogens is 2. The van der Waals surface area contributed by atoms with E-state index >= 15 is 0 Å². The van der Waals surface area contributed by atoms with Crippen molar-refractivity contribution in [2.24, 2.45) is 0 Å². The minimum Gasteiger partial charge on any atom is -0.478 e. The maximum Gasteiger partial charge on any atom is 0.337 e. The van der Waals surface area contributed by atoms with Crippen LogP contribution in [0, 0.1) is 0 Å². The molecule has 172 valence electrons. The first-order valence-electron chi connectivity index (χ1n) is 11.0. The number of hydrogen-bond donors (Lipinski definition) is 1. The molecule has 0 unspecified atom stereocenters. The Bertz CT molecular complexity index is 1130. The molecule has 2 aromatic heterocycles. The van der Waals surface area contributed by atoms with Crippen molar-refractivity contribution in [1.82, 2.24) is 10.1 Å².